The third kappa shape index (κ3) is 9.70. The third-order valence-electron chi connectivity index (χ3n) is 10.2. The highest BCUT2D eigenvalue weighted by atomic mass is 14.4. The fraction of sp³-hybridized carbons (Fsp3) is 1.00. The van der Waals surface area contributed by atoms with Crippen molar-refractivity contribution in [1.82, 2.24) is 0 Å². The van der Waals surface area contributed by atoms with E-state index in [2.05, 4.69) is 13.8 Å². The zero-order valence-corrected chi connectivity index (χ0v) is 22.4. The predicted octanol–water partition coefficient (Wildman–Crippen LogP) is 11.1. The highest BCUT2D eigenvalue weighted by Crippen LogP contribution is 2.43. The molecule has 0 aromatic heterocycles. The lowest BCUT2D eigenvalue weighted by Crippen LogP contribution is -2.24. The Hall–Kier alpha value is 0. The lowest BCUT2D eigenvalue weighted by atomic mass is 9.69. The van der Waals surface area contributed by atoms with Crippen LogP contribution < -0.4 is 0 Å². The summed E-state index contributed by atoms with van der Waals surface area (Å²) < 4.78 is 0. The summed E-state index contributed by atoms with van der Waals surface area (Å²) in [4.78, 5) is 0. The summed E-state index contributed by atoms with van der Waals surface area (Å²) in [5, 5.41) is 0. The monoisotopic (exact) mass is 444 g/mol. The predicted molar refractivity (Wildman–Crippen MR) is 143 cm³/mol. The van der Waals surface area contributed by atoms with E-state index in [4.69, 9.17) is 0 Å². The topological polar surface area (TPSA) is 0 Å². The van der Waals surface area contributed by atoms with Gasteiger partial charge in [-0.2, -0.15) is 0 Å². The van der Waals surface area contributed by atoms with E-state index in [-0.39, 0.29) is 0 Å². The van der Waals surface area contributed by atoms with Crippen molar-refractivity contribution < 1.29 is 0 Å². The van der Waals surface area contributed by atoms with E-state index in [1.165, 1.54) is 64.2 Å². The van der Waals surface area contributed by atoms with Gasteiger partial charge in [-0.25, -0.2) is 0 Å². The van der Waals surface area contributed by atoms with Crippen LogP contribution in [0.3, 0.4) is 0 Å². The van der Waals surface area contributed by atoms with Crippen molar-refractivity contribution in [2.24, 2.45) is 35.5 Å². The Balaban J connectivity index is 1.38. The molecule has 3 rings (SSSR count). The lowest BCUT2D eigenvalue weighted by Gasteiger charge is -2.37. The van der Waals surface area contributed by atoms with Crippen molar-refractivity contribution in [3.05, 3.63) is 0 Å². The van der Waals surface area contributed by atoms with Gasteiger partial charge in [0.05, 0.1) is 0 Å². The van der Waals surface area contributed by atoms with Crippen molar-refractivity contribution in [1.29, 1.82) is 0 Å². The average Bonchev–Trinajstić information content (AvgIpc) is 2.84. The molecule has 1 atom stereocenters. The summed E-state index contributed by atoms with van der Waals surface area (Å²) in [7, 11) is 0. The van der Waals surface area contributed by atoms with Gasteiger partial charge in [0.1, 0.15) is 0 Å². The Morgan fingerprint density at radius 3 is 1.69 bits per heavy atom. The second-order valence-corrected chi connectivity index (χ2v) is 12.7. The molecule has 0 radical (unpaired) electrons. The normalized spacial score (nSPS) is 30.9. The third-order valence-corrected chi connectivity index (χ3v) is 10.2. The summed E-state index contributed by atoms with van der Waals surface area (Å²) in [6.45, 7) is 4.71. The molecule has 32 heavy (non-hydrogen) atoms. The minimum absolute atomic E-state index is 1.08. The molecule has 3 aliphatic rings. The Morgan fingerprint density at radius 2 is 1.06 bits per heavy atom. The first-order valence-electron chi connectivity index (χ1n) is 15.8. The quantitative estimate of drug-likeness (QED) is 0.234. The van der Waals surface area contributed by atoms with Gasteiger partial charge in [0.25, 0.3) is 0 Å². The van der Waals surface area contributed by atoms with E-state index in [0.717, 1.165) is 35.5 Å². The van der Waals surface area contributed by atoms with E-state index < -0.39 is 0 Å². The fourth-order valence-electron chi connectivity index (χ4n) is 8.04. The smallest absolute Gasteiger partial charge is 0.0383 e. The summed E-state index contributed by atoms with van der Waals surface area (Å²) in [5.41, 5.74) is 0. The van der Waals surface area contributed by atoms with Crippen LogP contribution in [0.1, 0.15) is 168 Å². The zero-order valence-electron chi connectivity index (χ0n) is 22.4. The van der Waals surface area contributed by atoms with Gasteiger partial charge in [-0.1, -0.05) is 155 Å². The summed E-state index contributed by atoms with van der Waals surface area (Å²) in [6.07, 6.45) is 36.8. The number of unbranched alkanes of at least 4 members (excludes halogenated alkanes) is 4. The van der Waals surface area contributed by atoms with Crippen LogP contribution in [-0.4, -0.2) is 0 Å². The van der Waals surface area contributed by atoms with Crippen molar-refractivity contribution >= 4 is 0 Å². The maximum absolute atomic E-state index is 2.38. The van der Waals surface area contributed by atoms with Crippen LogP contribution in [0.2, 0.25) is 0 Å². The molecule has 0 heteroatoms. The van der Waals surface area contributed by atoms with E-state index in [0.29, 0.717) is 0 Å². The van der Waals surface area contributed by atoms with Gasteiger partial charge in [-0.15, -0.1) is 0 Å². The van der Waals surface area contributed by atoms with E-state index in [1.54, 1.807) is 89.9 Å². The molecule has 0 N–H and O–H groups in total. The van der Waals surface area contributed by atoms with Crippen LogP contribution in [0.25, 0.3) is 0 Å². The second-order valence-electron chi connectivity index (χ2n) is 12.7. The van der Waals surface area contributed by atoms with Crippen LogP contribution >= 0.6 is 0 Å². The summed E-state index contributed by atoms with van der Waals surface area (Å²) in [5.74, 6) is 6.50. The second kappa shape index (κ2) is 15.8. The first-order valence-corrected chi connectivity index (χ1v) is 15.8. The molecule has 0 bridgehead atoms. The van der Waals surface area contributed by atoms with Crippen LogP contribution in [0.4, 0.5) is 0 Å². The molecule has 0 heterocycles. The van der Waals surface area contributed by atoms with Crippen molar-refractivity contribution in [2.75, 3.05) is 0 Å². The molecule has 0 saturated heterocycles. The Kier molecular flexibility index (Phi) is 13.1. The Labute approximate surface area is 203 Å². The van der Waals surface area contributed by atoms with Crippen molar-refractivity contribution in [3.8, 4) is 0 Å². The van der Waals surface area contributed by atoms with Gasteiger partial charge in [0, 0.05) is 0 Å². The van der Waals surface area contributed by atoms with Crippen LogP contribution in [-0.2, 0) is 0 Å². The first-order chi connectivity index (χ1) is 15.8. The van der Waals surface area contributed by atoms with Crippen LogP contribution in [0.5, 0.6) is 0 Å². The highest BCUT2D eigenvalue weighted by Gasteiger charge is 2.30. The van der Waals surface area contributed by atoms with Gasteiger partial charge in [-0.3, -0.25) is 0 Å². The molecule has 188 valence electrons. The highest BCUT2D eigenvalue weighted by molar-refractivity contribution is 4.82. The van der Waals surface area contributed by atoms with Gasteiger partial charge >= 0.3 is 0 Å². The van der Waals surface area contributed by atoms with Crippen molar-refractivity contribution in [2.45, 2.75) is 168 Å². The molecule has 0 aromatic rings. The van der Waals surface area contributed by atoms with Crippen LogP contribution in [0.15, 0.2) is 0 Å². The maximum Gasteiger partial charge on any atom is -0.0383 e. The standard InChI is InChI=1S/C32H60/c1-3-5-6-7-9-13-28-20-22-30(23-21-28)26-32(31-14-10-8-11-15-31)25-24-29-18-16-27(12-4-2)17-19-29/h27-32H,3-26H2,1-2H3. The largest absolute Gasteiger partial charge is 0.0654 e. The summed E-state index contributed by atoms with van der Waals surface area (Å²) >= 11 is 0. The van der Waals surface area contributed by atoms with E-state index in [1.807, 2.05) is 0 Å². The average molecular weight is 445 g/mol. The Bertz CT molecular complexity index is 431. The molecule has 0 spiro atoms. The molecule has 0 aromatic carbocycles. The minimum atomic E-state index is 1.08. The minimum Gasteiger partial charge on any atom is -0.0654 e. The molecule has 3 saturated carbocycles. The fourth-order valence-corrected chi connectivity index (χ4v) is 8.04. The SMILES string of the molecule is CCCCCCCC1CCC(CC(CCC2CCC(CCC)CC2)C2CCCCC2)CC1. The molecule has 0 nitrogen and oxygen atoms in total. The van der Waals surface area contributed by atoms with Gasteiger partial charge in [0.15, 0.2) is 0 Å². The van der Waals surface area contributed by atoms with Crippen LogP contribution in [0, 0.1) is 35.5 Å². The molecular weight excluding hydrogens is 384 g/mol. The van der Waals surface area contributed by atoms with Gasteiger partial charge in [-0.05, 0) is 48.3 Å². The molecule has 0 aliphatic heterocycles. The lowest BCUT2D eigenvalue weighted by molar-refractivity contribution is 0.149. The maximum atomic E-state index is 2.38. The van der Waals surface area contributed by atoms with Crippen molar-refractivity contribution in [3.63, 3.8) is 0 Å². The molecular formula is C32H60. The van der Waals surface area contributed by atoms with E-state index in [9.17, 15) is 0 Å². The first kappa shape index (κ1) is 26.6. The summed E-state index contributed by atoms with van der Waals surface area (Å²) in [6, 6.07) is 0. The van der Waals surface area contributed by atoms with Gasteiger partial charge < -0.3 is 0 Å². The molecule has 3 aliphatic carbocycles. The van der Waals surface area contributed by atoms with E-state index >= 15 is 0 Å². The number of hydrogen-bond acceptors (Lipinski definition) is 0. The Morgan fingerprint density at radius 1 is 0.500 bits per heavy atom. The molecule has 3 fully saturated rings. The zero-order chi connectivity index (χ0) is 22.4. The number of hydrogen-bond donors (Lipinski definition) is 0. The van der Waals surface area contributed by atoms with Gasteiger partial charge in [0.2, 0.25) is 0 Å². The molecule has 0 amide bonds. The molecule has 1 unspecified atom stereocenters. The number of rotatable bonds is 14.